The Morgan fingerprint density at radius 2 is 2.11 bits per heavy atom. The number of nitrogens with one attached hydrogen (secondary N) is 1. The molecule has 1 aliphatic carbocycles. The van der Waals surface area contributed by atoms with Crippen LogP contribution in [0.5, 0.6) is 0 Å². The highest BCUT2D eigenvalue weighted by molar-refractivity contribution is 7.85. The third-order valence-electron chi connectivity index (χ3n) is 3.93. The van der Waals surface area contributed by atoms with Crippen molar-refractivity contribution in [2.75, 3.05) is 19.3 Å². The number of benzene rings is 1. The summed E-state index contributed by atoms with van der Waals surface area (Å²) in [5, 5.41) is 0. The van der Waals surface area contributed by atoms with Gasteiger partial charge in [-0.05, 0) is 18.4 Å². The van der Waals surface area contributed by atoms with E-state index in [0.29, 0.717) is 12.5 Å². The van der Waals surface area contributed by atoms with Gasteiger partial charge in [-0.2, -0.15) is 0 Å². The highest BCUT2D eigenvalue weighted by Crippen LogP contribution is 2.27. The fraction of sp³-hybridized carbons (Fsp3) is 0.571. The van der Waals surface area contributed by atoms with Crippen LogP contribution in [0.15, 0.2) is 24.3 Å². The standard InChI is InChI=1S/C14H21NO3S/c1-15(10-5-11-19(16,17)18)14-9-4-7-12-6-2-3-8-13(12)14/h2-3,6,8,14H,4-5,7,9-11H2,1H3,(H,16,17,18)/t14-/m0/s1. The summed E-state index contributed by atoms with van der Waals surface area (Å²) < 4.78 is 31.9. The SMILES string of the molecule is C[NH+](CCCS(=O)(=O)[O-])[C@H]1CCCc2ccccc21. The lowest BCUT2D eigenvalue weighted by Gasteiger charge is -2.30. The molecule has 0 saturated heterocycles. The van der Waals surface area contributed by atoms with Gasteiger partial charge in [0.1, 0.15) is 6.04 Å². The average Bonchev–Trinajstić information content (AvgIpc) is 2.36. The van der Waals surface area contributed by atoms with Crippen molar-refractivity contribution in [2.45, 2.75) is 31.7 Å². The lowest BCUT2D eigenvalue weighted by Crippen LogP contribution is -3.09. The molecule has 0 saturated carbocycles. The summed E-state index contributed by atoms with van der Waals surface area (Å²) in [6, 6.07) is 8.91. The third-order valence-corrected chi connectivity index (χ3v) is 4.72. The highest BCUT2D eigenvalue weighted by atomic mass is 32.2. The maximum atomic E-state index is 10.6. The molecule has 19 heavy (non-hydrogen) atoms. The van der Waals surface area contributed by atoms with E-state index in [2.05, 4.69) is 31.3 Å². The molecule has 0 bridgehead atoms. The summed E-state index contributed by atoms with van der Waals surface area (Å²) in [4.78, 5) is 1.30. The monoisotopic (exact) mass is 283 g/mol. The second kappa shape index (κ2) is 6.03. The van der Waals surface area contributed by atoms with Crippen LogP contribution < -0.4 is 4.90 Å². The topological polar surface area (TPSA) is 61.6 Å². The molecule has 0 aliphatic heterocycles. The number of hydrogen-bond donors (Lipinski definition) is 1. The van der Waals surface area contributed by atoms with Gasteiger partial charge in [0, 0.05) is 24.2 Å². The van der Waals surface area contributed by atoms with Crippen molar-refractivity contribution >= 4 is 10.1 Å². The Morgan fingerprint density at radius 1 is 1.37 bits per heavy atom. The molecule has 106 valence electrons. The molecule has 1 aromatic carbocycles. The molecule has 1 unspecified atom stereocenters. The lowest BCUT2D eigenvalue weighted by molar-refractivity contribution is -0.913. The van der Waals surface area contributed by atoms with E-state index in [1.807, 2.05) is 0 Å². The molecule has 1 aromatic rings. The van der Waals surface area contributed by atoms with Crippen LogP contribution in [0.4, 0.5) is 0 Å². The van der Waals surface area contributed by atoms with E-state index in [9.17, 15) is 13.0 Å². The summed E-state index contributed by atoms with van der Waals surface area (Å²) >= 11 is 0. The Labute approximate surface area is 115 Å². The minimum absolute atomic E-state index is 0.251. The number of quaternary nitrogens is 1. The van der Waals surface area contributed by atoms with E-state index in [0.717, 1.165) is 19.4 Å². The average molecular weight is 283 g/mol. The molecule has 1 N–H and O–H groups in total. The zero-order valence-corrected chi connectivity index (χ0v) is 12.1. The van der Waals surface area contributed by atoms with Gasteiger partial charge < -0.3 is 9.45 Å². The number of aryl methyl sites for hydroxylation is 1. The molecule has 1 aliphatic rings. The summed E-state index contributed by atoms with van der Waals surface area (Å²) in [7, 11) is -1.99. The quantitative estimate of drug-likeness (QED) is 0.801. The first kappa shape index (κ1) is 14.5. The van der Waals surface area contributed by atoms with Crippen molar-refractivity contribution in [1.29, 1.82) is 0 Å². The van der Waals surface area contributed by atoms with Gasteiger partial charge in [0.25, 0.3) is 0 Å². The Bertz CT molecular complexity index is 527. The smallest absolute Gasteiger partial charge is 0.113 e. The van der Waals surface area contributed by atoms with Crippen molar-refractivity contribution in [3.8, 4) is 0 Å². The first-order chi connectivity index (χ1) is 8.97. The normalized spacial score (nSPS) is 20.8. The Hall–Kier alpha value is -0.910. The van der Waals surface area contributed by atoms with Gasteiger partial charge in [-0.15, -0.1) is 0 Å². The number of fused-ring (bicyclic) bond motifs is 1. The van der Waals surface area contributed by atoms with Crippen LogP contribution in [0.1, 0.15) is 36.4 Å². The summed E-state index contributed by atoms with van der Waals surface area (Å²) in [5.74, 6) is -0.251. The van der Waals surface area contributed by atoms with Crippen LogP contribution in [0.3, 0.4) is 0 Å². The van der Waals surface area contributed by atoms with E-state index in [4.69, 9.17) is 0 Å². The van der Waals surface area contributed by atoms with E-state index in [1.54, 1.807) is 0 Å². The van der Waals surface area contributed by atoms with Gasteiger partial charge in [-0.1, -0.05) is 24.3 Å². The molecular formula is C14H21NO3S. The van der Waals surface area contributed by atoms with E-state index in [1.165, 1.54) is 22.4 Å². The van der Waals surface area contributed by atoms with Crippen molar-refractivity contribution in [1.82, 2.24) is 0 Å². The molecule has 0 amide bonds. The molecule has 4 nitrogen and oxygen atoms in total. The highest BCUT2D eigenvalue weighted by Gasteiger charge is 2.26. The van der Waals surface area contributed by atoms with Crippen molar-refractivity contribution in [3.05, 3.63) is 35.4 Å². The maximum absolute atomic E-state index is 10.6. The Kier molecular flexibility index (Phi) is 4.60. The van der Waals surface area contributed by atoms with Gasteiger partial charge >= 0.3 is 0 Å². The number of hydrogen-bond acceptors (Lipinski definition) is 3. The Morgan fingerprint density at radius 3 is 2.84 bits per heavy atom. The minimum atomic E-state index is -4.07. The van der Waals surface area contributed by atoms with E-state index >= 15 is 0 Å². The fourth-order valence-electron chi connectivity index (χ4n) is 2.97. The molecule has 0 spiro atoms. The molecule has 0 fully saturated rings. The van der Waals surface area contributed by atoms with Crippen LogP contribution >= 0.6 is 0 Å². The predicted molar refractivity (Wildman–Crippen MR) is 73.1 cm³/mol. The summed E-state index contributed by atoms with van der Waals surface area (Å²) in [6.07, 6.45) is 3.89. The molecular weight excluding hydrogens is 262 g/mol. The lowest BCUT2D eigenvalue weighted by atomic mass is 9.87. The fourth-order valence-corrected chi connectivity index (χ4v) is 3.47. The number of rotatable bonds is 5. The molecule has 5 heteroatoms. The summed E-state index contributed by atoms with van der Waals surface area (Å²) in [5.41, 5.74) is 2.80. The van der Waals surface area contributed by atoms with Crippen molar-refractivity contribution in [3.63, 3.8) is 0 Å². The van der Waals surface area contributed by atoms with Gasteiger partial charge in [-0.3, -0.25) is 0 Å². The van der Waals surface area contributed by atoms with Gasteiger partial charge in [-0.25, -0.2) is 8.42 Å². The zero-order valence-electron chi connectivity index (χ0n) is 11.3. The zero-order chi connectivity index (χ0) is 13.9. The first-order valence-corrected chi connectivity index (χ1v) is 8.39. The van der Waals surface area contributed by atoms with Crippen LogP contribution in [0, 0.1) is 0 Å². The van der Waals surface area contributed by atoms with E-state index in [-0.39, 0.29) is 5.75 Å². The largest absolute Gasteiger partial charge is 0.748 e. The third kappa shape index (κ3) is 4.03. The van der Waals surface area contributed by atoms with Crippen LogP contribution in [0.2, 0.25) is 0 Å². The Balaban J connectivity index is 1.99. The predicted octanol–water partition coefficient (Wildman–Crippen LogP) is 0.514. The van der Waals surface area contributed by atoms with Crippen LogP contribution in [-0.4, -0.2) is 32.3 Å². The van der Waals surface area contributed by atoms with E-state index < -0.39 is 10.1 Å². The van der Waals surface area contributed by atoms with Gasteiger partial charge in [0.15, 0.2) is 0 Å². The molecule has 0 heterocycles. The summed E-state index contributed by atoms with van der Waals surface area (Å²) in [6.45, 7) is 0.723. The van der Waals surface area contributed by atoms with Gasteiger partial charge in [0.2, 0.25) is 0 Å². The van der Waals surface area contributed by atoms with Crippen LogP contribution in [-0.2, 0) is 16.5 Å². The second-order valence-corrected chi connectivity index (χ2v) is 6.88. The second-order valence-electron chi connectivity index (χ2n) is 5.36. The molecule has 2 atom stereocenters. The van der Waals surface area contributed by atoms with Crippen molar-refractivity contribution in [2.24, 2.45) is 0 Å². The van der Waals surface area contributed by atoms with Crippen molar-refractivity contribution < 1.29 is 17.9 Å². The van der Waals surface area contributed by atoms with Gasteiger partial charge in [0.05, 0.1) is 23.7 Å². The molecule has 0 radical (unpaired) electrons. The maximum Gasteiger partial charge on any atom is 0.113 e. The molecule has 0 aromatic heterocycles. The van der Waals surface area contributed by atoms with Crippen LogP contribution in [0.25, 0.3) is 0 Å². The first-order valence-electron chi connectivity index (χ1n) is 6.81. The minimum Gasteiger partial charge on any atom is -0.748 e. The molecule has 2 rings (SSSR count).